The van der Waals surface area contributed by atoms with Crippen LogP contribution in [0.4, 0.5) is 8.78 Å². The lowest BCUT2D eigenvalue weighted by molar-refractivity contribution is -0.142. The van der Waals surface area contributed by atoms with Crippen LogP contribution in [0.5, 0.6) is 0 Å². The molecule has 0 aromatic carbocycles. The quantitative estimate of drug-likeness (QED) is 0.896. The predicted molar refractivity (Wildman–Crippen MR) is 72.1 cm³/mol. The molecule has 0 spiro atoms. The number of aliphatic carboxylic acids is 1. The smallest absolute Gasteiger partial charge is 0.333 e. The number of carboxylic acids is 1. The molecule has 0 saturated carbocycles. The summed E-state index contributed by atoms with van der Waals surface area (Å²) in [4.78, 5) is 10.8. The molecule has 1 aliphatic heterocycles. The molecule has 22 heavy (non-hydrogen) atoms. The molecule has 2 heterocycles. The number of aromatic nitrogens is 2. The minimum absolute atomic E-state index is 0.0183. The molecule has 0 aliphatic carbocycles. The molecule has 1 saturated heterocycles. The molecule has 1 aliphatic rings. The second-order valence-corrected chi connectivity index (χ2v) is 7.14. The zero-order chi connectivity index (χ0) is 16.7. The number of alkyl halides is 2. The third-order valence-corrected chi connectivity index (χ3v) is 5.89. The van der Waals surface area contributed by atoms with Gasteiger partial charge in [0.25, 0.3) is 0 Å². The van der Waals surface area contributed by atoms with Gasteiger partial charge in [-0.15, -0.1) is 0 Å². The molecule has 1 aromatic heterocycles. The molecule has 7 nitrogen and oxygen atoms in total. The number of sulfonamides is 1. The number of aryl methyl sites for hydroxylation is 1. The first-order valence-corrected chi connectivity index (χ1v) is 8.17. The van der Waals surface area contributed by atoms with Crippen molar-refractivity contribution in [1.29, 1.82) is 0 Å². The maximum absolute atomic E-state index is 12.8. The van der Waals surface area contributed by atoms with Gasteiger partial charge in [-0.1, -0.05) is 0 Å². The van der Waals surface area contributed by atoms with Crippen LogP contribution in [0.15, 0.2) is 4.90 Å². The van der Waals surface area contributed by atoms with E-state index < -0.39 is 28.5 Å². The molecule has 2 rings (SSSR count). The zero-order valence-electron chi connectivity index (χ0n) is 12.2. The monoisotopic (exact) mass is 337 g/mol. The van der Waals surface area contributed by atoms with Gasteiger partial charge in [-0.2, -0.15) is 18.2 Å². The van der Waals surface area contributed by atoms with Crippen molar-refractivity contribution in [3.8, 4) is 0 Å². The first-order valence-electron chi connectivity index (χ1n) is 6.73. The third-order valence-electron chi connectivity index (χ3n) is 3.77. The topological polar surface area (TPSA) is 92.5 Å². The SMILES string of the molecule is Cc1nn(C(F)F)c(C)c1S(=O)(=O)N1CCC[C@H](C(=O)O)C1. The fourth-order valence-corrected chi connectivity index (χ4v) is 4.59. The summed E-state index contributed by atoms with van der Waals surface area (Å²) in [6, 6.07) is 0. The van der Waals surface area contributed by atoms with Crippen LogP contribution in [0.25, 0.3) is 0 Å². The van der Waals surface area contributed by atoms with Gasteiger partial charge in [-0.25, -0.2) is 13.1 Å². The maximum Gasteiger partial charge on any atom is 0.333 e. The zero-order valence-corrected chi connectivity index (χ0v) is 13.0. The van der Waals surface area contributed by atoms with Crippen molar-refractivity contribution >= 4 is 16.0 Å². The Morgan fingerprint density at radius 1 is 1.41 bits per heavy atom. The van der Waals surface area contributed by atoms with Gasteiger partial charge >= 0.3 is 12.5 Å². The second kappa shape index (κ2) is 5.92. The highest BCUT2D eigenvalue weighted by molar-refractivity contribution is 7.89. The Kier molecular flexibility index (Phi) is 4.52. The molecule has 1 fully saturated rings. The van der Waals surface area contributed by atoms with Crippen molar-refractivity contribution < 1.29 is 27.1 Å². The van der Waals surface area contributed by atoms with Crippen LogP contribution in [-0.4, -0.2) is 46.7 Å². The highest BCUT2D eigenvalue weighted by Crippen LogP contribution is 2.29. The lowest BCUT2D eigenvalue weighted by Gasteiger charge is -2.29. The Hall–Kier alpha value is -1.55. The number of carbonyl (C=O) groups is 1. The van der Waals surface area contributed by atoms with Gasteiger partial charge in [0.05, 0.1) is 17.3 Å². The molecule has 0 bridgehead atoms. The predicted octanol–water partition coefficient (Wildman–Crippen LogP) is 1.38. The number of rotatable bonds is 4. The third kappa shape index (κ3) is 2.84. The van der Waals surface area contributed by atoms with E-state index in [1.165, 1.54) is 13.8 Å². The summed E-state index contributed by atoms with van der Waals surface area (Å²) >= 11 is 0. The van der Waals surface area contributed by atoms with E-state index >= 15 is 0 Å². The van der Waals surface area contributed by atoms with E-state index in [0.29, 0.717) is 17.5 Å². The van der Waals surface area contributed by atoms with E-state index in [9.17, 15) is 22.0 Å². The maximum atomic E-state index is 12.8. The molecule has 1 aromatic rings. The molecule has 0 unspecified atom stereocenters. The lowest BCUT2D eigenvalue weighted by atomic mass is 10.0. The number of nitrogens with zero attached hydrogens (tertiary/aromatic N) is 3. The van der Waals surface area contributed by atoms with Gasteiger partial charge in [0.15, 0.2) is 0 Å². The number of carboxylic acid groups (broad SMARTS) is 1. The van der Waals surface area contributed by atoms with E-state index in [1.54, 1.807) is 0 Å². The standard InChI is InChI=1S/C12H17F2N3O4S/c1-7-10(8(2)17(15-7)12(13)14)22(20,21)16-5-3-4-9(6-16)11(18)19/h9,12H,3-6H2,1-2H3,(H,18,19)/t9-/m0/s1. The van der Waals surface area contributed by atoms with Gasteiger partial charge < -0.3 is 5.11 Å². The van der Waals surface area contributed by atoms with Crippen LogP contribution in [0.3, 0.4) is 0 Å². The fraction of sp³-hybridized carbons (Fsp3) is 0.667. The summed E-state index contributed by atoms with van der Waals surface area (Å²) in [6.07, 6.45) is 0.812. The molecule has 0 radical (unpaired) electrons. The molecule has 1 atom stereocenters. The Morgan fingerprint density at radius 2 is 2.05 bits per heavy atom. The number of hydrogen-bond donors (Lipinski definition) is 1. The van der Waals surface area contributed by atoms with E-state index in [0.717, 1.165) is 4.31 Å². The number of hydrogen-bond acceptors (Lipinski definition) is 4. The fourth-order valence-electron chi connectivity index (χ4n) is 2.70. The molecular weight excluding hydrogens is 320 g/mol. The molecular formula is C12H17F2N3O4S. The van der Waals surface area contributed by atoms with Crippen molar-refractivity contribution in [3.63, 3.8) is 0 Å². The highest BCUT2D eigenvalue weighted by atomic mass is 32.2. The van der Waals surface area contributed by atoms with Gasteiger partial charge in [-0.05, 0) is 26.7 Å². The first-order chi connectivity index (χ1) is 10.2. The number of piperidine rings is 1. The average molecular weight is 337 g/mol. The first kappa shape index (κ1) is 16.8. The van der Waals surface area contributed by atoms with Crippen LogP contribution in [0, 0.1) is 19.8 Å². The van der Waals surface area contributed by atoms with Crippen LogP contribution in [0.1, 0.15) is 30.8 Å². The Bertz CT molecular complexity index is 687. The van der Waals surface area contributed by atoms with Crippen molar-refractivity contribution in [2.45, 2.75) is 38.1 Å². The summed E-state index contributed by atoms with van der Waals surface area (Å²) in [5.74, 6) is -1.84. The van der Waals surface area contributed by atoms with Gasteiger partial charge in [0.1, 0.15) is 4.90 Å². The Balaban J connectivity index is 2.41. The van der Waals surface area contributed by atoms with Gasteiger partial charge in [0, 0.05) is 13.1 Å². The molecule has 10 heteroatoms. The van der Waals surface area contributed by atoms with E-state index in [1.807, 2.05) is 0 Å². The van der Waals surface area contributed by atoms with Crippen LogP contribution in [0.2, 0.25) is 0 Å². The van der Waals surface area contributed by atoms with E-state index in [2.05, 4.69) is 5.10 Å². The van der Waals surface area contributed by atoms with Crippen molar-refractivity contribution in [2.24, 2.45) is 5.92 Å². The molecule has 124 valence electrons. The van der Waals surface area contributed by atoms with Gasteiger partial charge in [-0.3, -0.25) is 4.79 Å². The normalized spacial score (nSPS) is 20.5. The molecule has 1 N–H and O–H groups in total. The van der Waals surface area contributed by atoms with Crippen LogP contribution >= 0.6 is 0 Å². The summed E-state index contributed by atoms with van der Waals surface area (Å²) in [5, 5.41) is 12.6. The Labute approximate surface area is 126 Å². The summed E-state index contributed by atoms with van der Waals surface area (Å²) in [5.41, 5.74) is -0.166. The summed E-state index contributed by atoms with van der Waals surface area (Å²) in [7, 11) is -4.05. The average Bonchev–Trinajstić information content (AvgIpc) is 2.74. The van der Waals surface area contributed by atoms with E-state index in [-0.39, 0.29) is 29.4 Å². The van der Waals surface area contributed by atoms with Crippen molar-refractivity contribution in [3.05, 3.63) is 11.4 Å². The van der Waals surface area contributed by atoms with Crippen LogP contribution < -0.4 is 0 Å². The second-order valence-electron chi connectivity index (χ2n) is 5.26. The van der Waals surface area contributed by atoms with Crippen LogP contribution in [-0.2, 0) is 14.8 Å². The lowest BCUT2D eigenvalue weighted by Crippen LogP contribution is -2.42. The van der Waals surface area contributed by atoms with Crippen molar-refractivity contribution in [1.82, 2.24) is 14.1 Å². The highest BCUT2D eigenvalue weighted by Gasteiger charge is 2.36. The van der Waals surface area contributed by atoms with E-state index in [4.69, 9.17) is 5.11 Å². The Morgan fingerprint density at radius 3 is 2.55 bits per heavy atom. The largest absolute Gasteiger partial charge is 0.481 e. The van der Waals surface area contributed by atoms with Gasteiger partial charge in [0.2, 0.25) is 10.0 Å². The molecule has 0 amide bonds. The minimum Gasteiger partial charge on any atom is -0.481 e. The summed E-state index contributed by atoms with van der Waals surface area (Å²) in [6.45, 7) is -0.313. The minimum atomic E-state index is -4.05. The van der Waals surface area contributed by atoms with Crippen molar-refractivity contribution in [2.75, 3.05) is 13.1 Å². The summed E-state index contributed by atoms with van der Waals surface area (Å²) < 4.78 is 52.4. The number of halogens is 2.